The molecule has 0 bridgehead atoms. The van der Waals surface area contributed by atoms with E-state index in [2.05, 4.69) is 4.98 Å². The molecule has 0 atom stereocenters. The van der Waals surface area contributed by atoms with Gasteiger partial charge in [0.1, 0.15) is 11.6 Å². The van der Waals surface area contributed by atoms with Crippen molar-refractivity contribution in [3.63, 3.8) is 0 Å². The molecule has 0 radical (unpaired) electrons. The Labute approximate surface area is 148 Å². The molecular formula is C17H11ClF2N2O2S. The highest BCUT2D eigenvalue weighted by Crippen LogP contribution is 2.33. The molecule has 3 aromatic rings. The van der Waals surface area contributed by atoms with Gasteiger partial charge < -0.3 is 0 Å². The van der Waals surface area contributed by atoms with Crippen LogP contribution in [-0.2, 0) is 10.0 Å². The summed E-state index contributed by atoms with van der Waals surface area (Å²) in [5, 5.41) is 5.39. The maximum absolute atomic E-state index is 14.1. The standard InChI is InChI=1S/C17H11ClF2N2O2S/c18-12-5-3-10(4-6-12)13-2-1-7-22-16(13)11-8-14(19)17(15(20)9-11)25(21,23)24/h1-9H,(H2,21,23,24). The summed E-state index contributed by atoms with van der Waals surface area (Å²) in [5.41, 5.74) is 1.74. The highest BCUT2D eigenvalue weighted by Gasteiger charge is 2.22. The van der Waals surface area contributed by atoms with Gasteiger partial charge in [-0.25, -0.2) is 22.3 Å². The number of nitrogens with zero attached hydrogens (tertiary/aromatic N) is 1. The summed E-state index contributed by atoms with van der Waals surface area (Å²) >= 11 is 5.87. The zero-order valence-corrected chi connectivity index (χ0v) is 14.2. The number of hydrogen-bond donors (Lipinski definition) is 1. The van der Waals surface area contributed by atoms with Gasteiger partial charge in [0.05, 0.1) is 5.69 Å². The second-order valence-electron chi connectivity index (χ2n) is 5.22. The highest BCUT2D eigenvalue weighted by molar-refractivity contribution is 7.89. The minimum atomic E-state index is -4.52. The number of rotatable bonds is 3. The Morgan fingerprint density at radius 2 is 1.56 bits per heavy atom. The molecule has 0 saturated carbocycles. The SMILES string of the molecule is NS(=O)(=O)c1c(F)cc(-c2ncccc2-c2ccc(Cl)cc2)cc1F. The molecule has 0 aliphatic heterocycles. The molecule has 2 N–H and O–H groups in total. The lowest BCUT2D eigenvalue weighted by Gasteiger charge is -2.11. The van der Waals surface area contributed by atoms with Crippen molar-refractivity contribution >= 4 is 21.6 Å². The molecule has 0 spiro atoms. The molecule has 0 saturated heterocycles. The van der Waals surface area contributed by atoms with Crippen LogP contribution in [0.4, 0.5) is 8.78 Å². The van der Waals surface area contributed by atoms with Gasteiger partial charge in [-0.15, -0.1) is 0 Å². The highest BCUT2D eigenvalue weighted by atomic mass is 35.5. The van der Waals surface area contributed by atoms with Gasteiger partial charge in [-0.3, -0.25) is 4.98 Å². The van der Waals surface area contributed by atoms with Crippen molar-refractivity contribution in [1.29, 1.82) is 0 Å². The number of aromatic nitrogens is 1. The number of primary sulfonamides is 1. The van der Waals surface area contributed by atoms with Crippen LogP contribution in [0, 0.1) is 11.6 Å². The van der Waals surface area contributed by atoms with Gasteiger partial charge in [0, 0.05) is 22.3 Å². The van der Waals surface area contributed by atoms with Crippen molar-refractivity contribution < 1.29 is 17.2 Å². The van der Waals surface area contributed by atoms with E-state index in [0.717, 1.165) is 17.7 Å². The number of benzene rings is 2. The normalized spacial score (nSPS) is 11.5. The number of pyridine rings is 1. The molecule has 1 heterocycles. The molecule has 128 valence electrons. The molecule has 4 nitrogen and oxygen atoms in total. The second-order valence-corrected chi connectivity index (χ2v) is 7.16. The second kappa shape index (κ2) is 6.51. The van der Waals surface area contributed by atoms with Crippen molar-refractivity contribution in [2.45, 2.75) is 4.90 Å². The molecule has 0 aliphatic carbocycles. The first-order valence-electron chi connectivity index (χ1n) is 7.00. The molecule has 0 unspecified atom stereocenters. The lowest BCUT2D eigenvalue weighted by atomic mass is 9.99. The van der Waals surface area contributed by atoms with Crippen LogP contribution in [-0.4, -0.2) is 13.4 Å². The Balaban J connectivity index is 2.20. The van der Waals surface area contributed by atoms with Gasteiger partial charge in [-0.2, -0.15) is 0 Å². The smallest absolute Gasteiger partial charge is 0.243 e. The Bertz CT molecular complexity index is 1030. The summed E-state index contributed by atoms with van der Waals surface area (Å²) in [7, 11) is -4.52. The maximum atomic E-state index is 14.1. The van der Waals surface area contributed by atoms with Crippen LogP contribution in [0.2, 0.25) is 5.02 Å². The Kier molecular flexibility index (Phi) is 4.55. The first-order valence-corrected chi connectivity index (χ1v) is 8.93. The van der Waals surface area contributed by atoms with E-state index < -0.39 is 26.6 Å². The maximum Gasteiger partial charge on any atom is 0.243 e. The summed E-state index contributed by atoms with van der Waals surface area (Å²) in [5.74, 6) is -2.55. The summed E-state index contributed by atoms with van der Waals surface area (Å²) in [6.45, 7) is 0. The van der Waals surface area contributed by atoms with Gasteiger partial charge in [0.15, 0.2) is 4.90 Å². The lowest BCUT2D eigenvalue weighted by molar-refractivity contribution is 0.520. The number of halogens is 3. The van der Waals surface area contributed by atoms with Gasteiger partial charge >= 0.3 is 0 Å². The Morgan fingerprint density at radius 1 is 0.960 bits per heavy atom. The predicted octanol–water partition coefficient (Wildman–Crippen LogP) is 3.99. The van der Waals surface area contributed by atoms with E-state index in [9.17, 15) is 17.2 Å². The molecule has 0 amide bonds. The summed E-state index contributed by atoms with van der Waals surface area (Å²) in [6.07, 6.45) is 1.47. The van der Waals surface area contributed by atoms with Crippen molar-refractivity contribution in [2.75, 3.05) is 0 Å². The molecule has 25 heavy (non-hydrogen) atoms. The van der Waals surface area contributed by atoms with Crippen LogP contribution in [0.3, 0.4) is 0 Å². The average Bonchev–Trinajstić information content (AvgIpc) is 2.53. The average molecular weight is 381 g/mol. The third-order valence-electron chi connectivity index (χ3n) is 3.52. The summed E-state index contributed by atoms with van der Waals surface area (Å²) < 4.78 is 50.9. The van der Waals surface area contributed by atoms with Crippen LogP contribution in [0.15, 0.2) is 59.6 Å². The van der Waals surface area contributed by atoms with E-state index in [-0.39, 0.29) is 5.56 Å². The van der Waals surface area contributed by atoms with E-state index in [0.29, 0.717) is 16.3 Å². The third-order valence-corrected chi connectivity index (χ3v) is 4.73. The fraction of sp³-hybridized carbons (Fsp3) is 0. The Morgan fingerprint density at radius 3 is 2.12 bits per heavy atom. The van der Waals surface area contributed by atoms with Gasteiger partial charge in [0.2, 0.25) is 10.0 Å². The fourth-order valence-electron chi connectivity index (χ4n) is 2.47. The van der Waals surface area contributed by atoms with Crippen LogP contribution in [0.5, 0.6) is 0 Å². The van der Waals surface area contributed by atoms with Crippen molar-refractivity contribution in [3.05, 3.63) is 71.4 Å². The number of hydrogen-bond acceptors (Lipinski definition) is 3. The first kappa shape index (κ1) is 17.5. The largest absolute Gasteiger partial charge is 0.256 e. The molecule has 0 aliphatic rings. The molecule has 1 aromatic heterocycles. The Hall–Kier alpha value is -2.35. The zero-order valence-electron chi connectivity index (χ0n) is 12.6. The van der Waals surface area contributed by atoms with E-state index >= 15 is 0 Å². The summed E-state index contributed by atoms with van der Waals surface area (Å²) in [6, 6.07) is 12.0. The molecule has 3 rings (SSSR count). The molecule has 8 heteroatoms. The minimum absolute atomic E-state index is 0.0907. The lowest BCUT2D eigenvalue weighted by Crippen LogP contribution is -2.16. The minimum Gasteiger partial charge on any atom is -0.256 e. The van der Waals surface area contributed by atoms with E-state index in [4.69, 9.17) is 16.7 Å². The van der Waals surface area contributed by atoms with Gasteiger partial charge in [-0.1, -0.05) is 29.8 Å². The quantitative estimate of drug-likeness (QED) is 0.746. The monoisotopic (exact) mass is 380 g/mol. The summed E-state index contributed by atoms with van der Waals surface area (Å²) in [4.78, 5) is 3.01. The zero-order chi connectivity index (χ0) is 18.2. The van der Waals surface area contributed by atoms with E-state index in [1.807, 2.05) is 0 Å². The number of nitrogens with two attached hydrogens (primary N) is 1. The van der Waals surface area contributed by atoms with Crippen molar-refractivity contribution in [3.8, 4) is 22.4 Å². The van der Waals surface area contributed by atoms with Crippen LogP contribution in [0.1, 0.15) is 0 Å². The molecule has 2 aromatic carbocycles. The fourth-order valence-corrected chi connectivity index (χ4v) is 3.25. The van der Waals surface area contributed by atoms with Crippen molar-refractivity contribution in [2.24, 2.45) is 5.14 Å². The van der Waals surface area contributed by atoms with Gasteiger partial charge in [-0.05, 0) is 35.9 Å². The van der Waals surface area contributed by atoms with Crippen LogP contribution >= 0.6 is 11.6 Å². The van der Waals surface area contributed by atoms with Gasteiger partial charge in [0.25, 0.3) is 0 Å². The number of sulfonamides is 1. The van der Waals surface area contributed by atoms with Crippen LogP contribution in [0.25, 0.3) is 22.4 Å². The molecule has 0 fully saturated rings. The van der Waals surface area contributed by atoms with E-state index in [1.54, 1.807) is 36.4 Å². The molecular weight excluding hydrogens is 370 g/mol. The van der Waals surface area contributed by atoms with Crippen LogP contribution < -0.4 is 5.14 Å². The topological polar surface area (TPSA) is 73.1 Å². The van der Waals surface area contributed by atoms with Crippen molar-refractivity contribution in [1.82, 2.24) is 4.98 Å². The first-order chi connectivity index (χ1) is 11.8. The third kappa shape index (κ3) is 3.53. The predicted molar refractivity (Wildman–Crippen MR) is 91.4 cm³/mol. The van der Waals surface area contributed by atoms with E-state index in [1.165, 1.54) is 6.20 Å².